The van der Waals surface area contributed by atoms with Crippen molar-refractivity contribution >= 4 is 27.2 Å². The van der Waals surface area contributed by atoms with E-state index in [1.165, 1.54) is 6.26 Å². The van der Waals surface area contributed by atoms with Gasteiger partial charge in [0.25, 0.3) is 5.91 Å². The normalized spacial score (nSPS) is 26.9. The molecule has 9 heteroatoms. The molecule has 2 aromatic heterocycles. The van der Waals surface area contributed by atoms with Crippen molar-refractivity contribution in [3.05, 3.63) is 66.0 Å². The quantitative estimate of drug-likeness (QED) is 0.547. The molecule has 202 valence electrons. The summed E-state index contributed by atoms with van der Waals surface area (Å²) in [4.78, 5) is 23.1. The number of anilines is 1. The third-order valence-electron chi connectivity index (χ3n) is 9.07. The molecule has 1 unspecified atom stereocenters. The molecule has 3 aromatic rings. The number of imidazole rings is 1. The molecule has 2 aliphatic heterocycles. The van der Waals surface area contributed by atoms with E-state index in [0.717, 1.165) is 36.8 Å². The first kappa shape index (κ1) is 25.4. The van der Waals surface area contributed by atoms with Gasteiger partial charge in [0.2, 0.25) is 5.95 Å². The van der Waals surface area contributed by atoms with Crippen LogP contribution in [-0.4, -0.2) is 70.9 Å². The lowest BCUT2D eigenvalue weighted by Crippen LogP contribution is -2.59. The van der Waals surface area contributed by atoms with Crippen LogP contribution in [0.2, 0.25) is 0 Å². The van der Waals surface area contributed by atoms with E-state index in [4.69, 9.17) is 4.98 Å². The molecule has 1 N–H and O–H groups in total. The van der Waals surface area contributed by atoms with Gasteiger partial charge in [-0.2, -0.15) is 0 Å². The highest BCUT2D eigenvalue weighted by molar-refractivity contribution is 7.91. The van der Waals surface area contributed by atoms with Gasteiger partial charge in [0.1, 0.15) is 9.84 Å². The van der Waals surface area contributed by atoms with E-state index in [1.807, 2.05) is 64.0 Å². The molecule has 4 heterocycles. The van der Waals surface area contributed by atoms with Crippen LogP contribution in [0, 0.1) is 5.92 Å². The molecule has 38 heavy (non-hydrogen) atoms. The fourth-order valence-electron chi connectivity index (χ4n) is 7.04. The van der Waals surface area contributed by atoms with Crippen LogP contribution in [0.5, 0.6) is 0 Å². The second-order valence-electron chi connectivity index (χ2n) is 11.2. The Morgan fingerprint density at radius 3 is 2.42 bits per heavy atom. The van der Waals surface area contributed by atoms with Gasteiger partial charge in [-0.05, 0) is 49.8 Å². The second kappa shape index (κ2) is 9.68. The summed E-state index contributed by atoms with van der Waals surface area (Å²) in [5.74, 6) is 0.589. The molecule has 8 nitrogen and oxygen atoms in total. The lowest BCUT2D eigenvalue weighted by atomic mass is 9.66. The number of piperidine rings is 2. The molecule has 1 aromatic carbocycles. The molecule has 3 fully saturated rings. The Bertz CT molecular complexity index is 1430. The lowest BCUT2D eigenvalue weighted by molar-refractivity contribution is -0.110. The average molecular weight is 537 g/mol. The van der Waals surface area contributed by atoms with Gasteiger partial charge in [-0.25, -0.2) is 13.4 Å². The van der Waals surface area contributed by atoms with Gasteiger partial charge in [0, 0.05) is 44.0 Å². The average Bonchev–Trinajstić information content (AvgIpc) is 3.33. The van der Waals surface area contributed by atoms with Crippen LogP contribution in [0.25, 0.3) is 5.52 Å². The first-order valence-electron chi connectivity index (χ1n) is 13.8. The van der Waals surface area contributed by atoms with E-state index in [-0.39, 0.29) is 23.1 Å². The molecule has 3 atom stereocenters. The first-order chi connectivity index (χ1) is 18.3. The second-order valence-corrected chi connectivity index (χ2v) is 13.6. The van der Waals surface area contributed by atoms with Crippen molar-refractivity contribution in [1.29, 1.82) is 0 Å². The molecule has 0 spiro atoms. The maximum absolute atomic E-state index is 14.2. The fourth-order valence-corrected chi connectivity index (χ4v) is 8.11. The third-order valence-corrected chi connectivity index (χ3v) is 10.8. The van der Waals surface area contributed by atoms with Gasteiger partial charge in [0.15, 0.2) is 5.69 Å². The zero-order valence-electron chi connectivity index (χ0n) is 21.9. The zero-order chi connectivity index (χ0) is 26.5. The molecular formula is C29H36N4O4S. The predicted octanol–water partition coefficient (Wildman–Crippen LogP) is 3.64. The van der Waals surface area contributed by atoms with Gasteiger partial charge in [0.05, 0.1) is 16.4 Å². The Kier molecular flexibility index (Phi) is 6.46. The number of benzene rings is 1. The molecule has 1 aliphatic carbocycles. The van der Waals surface area contributed by atoms with Gasteiger partial charge >= 0.3 is 0 Å². The van der Waals surface area contributed by atoms with Crippen LogP contribution in [-0.2, 0) is 15.4 Å². The van der Waals surface area contributed by atoms with E-state index in [0.29, 0.717) is 50.5 Å². The van der Waals surface area contributed by atoms with Crippen molar-refractivity contribution in [1.82, 2.24) is 14.3 Å². The summed E-state index contributed by atoms with van der Waals surface area (Å²) in [6, 6.07) is 15.7. The number of hydrogen-bond acceptors (Lipinski definition) is 6. The van der Waals surface area contributed by atoms with Gasteiger partial charge in [-0.3, -0.25) is 9.20 Å². The number of amides is 1. The van der Waals surface area contributed by atoms with Crippen molar-refractivity contribution in [3.8, 4) is 0 Å². The Labute approximate surface area is 224 Å². The van der Waals surface area contributed by atoms with Crippen molar-refractivity contribution in [2.75, 3.05) is 30.8 Å². The number of carbonyl (C=O) groups excluding carboxylic acids is 1. The molecular weight excluding hydrogens is 500 g/mol. The summed E-state index contributed by atoms with van der Waals surface area (Å²) in [6.07, 6.45) is 8.71. The summed E-state index contributed by atoms with van der Waals surface area (Å²) >= 11 is 0. The van der Waals surface area contributed by atoms with Gasteiger partial charge < -0.3 is 14.9 Å². The largest absolute Gasteiger partial charge is 0.385 e. The Morgan fingerprint density at radius 2 is 1.68 bits per heavy atom. The number of fused-ring (bicyclic) bond motifs is 2. The van der Waals surface area contributed by atoms with Gasteiger partial charge in [-0.1, -0.05) is 49.2 Å². The Hall–Kier alpha value is -2.91. The summed E-state index contributed by atoms with van der Waals surface area (Å²) in [5.41, 5.74) is 1.19. The van der Waals surface area contributed by atoms with Crippen LogP contribution < -0.4 is 4.90 Å². The number of carbonyl (C=O) groups is 1. The maximum Gasteiger partial charge on any atom is 0.275 e. The van der Waals surface area contributed by atoms with E-state index in [1.54, 1.807) is 0 Å². The molecule has 0 bridgehead atoms. The van der Waals surface area contributed by atoms with E-state index < -0.39 is 15.4 Å². The number of pyridine rings is 1. The molecule has 1 amide bonds. The standard InChI is InChI=1S/C29H36N4O4S/c1-38(36,37)22-14-18-31(19-15-22)28-30-26(25-13-7-8-17-33(25)28)27(34)32-20-16-29(35,21-9-3-2-4-10-21)23-11-5-6-12-24(23)32/h2-4,7-10,13,17,22-24,35H,5-6,11-12,14-16,18-20H2,1H3/t23-,24+,29?/m0/s1. The molecule has 2 saturated heterocycles. The van der Waals surface area contributed by atoms with Crippen LogP contribution >= 0.6 is 0 Å². The van der Waals surface area contributed by atoms with E-state index in [9.17, 15) is 18.3 Å². The number of aliphatic hydroxyl groups is 1. The molecule has 0 radical (unpaired) electrons. The van der Waals surface area contributed by atoms with Crippen molar-refractivity contribution in [2.24, 2.45) is 5.92 Å². The van der Waals surface area contributed by atoms with Crippen molar-refractivity contribution in [3.63, 3.8) is 0 Å². The minimum Gasteiger partial charge on any atom is -0.385 e. The Balaban J connectivity index is 1.31. The highest BCUT2D eigenvalue weighted by atomic mass is 32.2. The fraction of sp³-hybridized carbons (Fsp3) is 0.517. The molecule has 3 aliphatic rings. The number of hydrogen-bond donors (Lipinski definition) is 1. The number of aromatic nitrogens is 2. The molecule has 6 rings (SSSR count). The third kappa shape index (κ3) is 4.29. The molecule has 1 saturated carbocycles. The number of sulfone groups is 1. The SMILES string of the molecule is CS(=O)(=O)C1CCN(c2nc(C(=O)N3CCC(O)(c4ccccc4)[C@H]4CCCC[C@H]43)c3ccccn23)CC1. The first-order valence-corrected chi connectivity index (χ1v) is 15.7. The summed E-state index contributed by atoms with van der Waals surface area (Å²) in [6.45, 7) is 1.64. The van der Waals surface area contributed by atoms with Crippen LogP contribution in [0.3, 0.4) is 0 Å². The van der Waals surface area contributed by atoms with Crippen molar-refractivity contribution in [2.45, 2.75) is 61.8 Å². The number of nitrogens with zero attached hydrogens (tertiary/aromatic N) is 4. The van der Waals surface area contributed by atoms with Crippen LogP contribution in [0.4, 0.5) is 5.95 Å². The zero-order valence-corrected chi connectivity index (χ0v) is 22.7. The predicted molar refractivity (Wildman–Crippen MR) is 147 cm³/mol. The smallest absolute Gasteiger partial charge is 0.275 e. The minimum absolute atomic E-state index is 0.0141. The van der Waals surface area contributed by atoms with Gasteiger partial charge in [-0.15, -0.1) is 0 Å². The number of rotatable bonds is 4. The van der Waals surface area contributed by atoms with Crippen LogP contribution in [0.15, 0.2) is 54.7 Å². The Morgan fingerprint density at radius 1 is 0.974 bits per heavy atom. The monoisotopic (exact) mass is 536 g/mol. The maximum atomic E-state index is 14.2. The summed E-state index contributed by atoms with van der Waals surface area (Å²) < 4.78 is 26.1. The lowest BCUT2D eigenvalue weighted by Gasteiger charge is -2.52. The van der Waals surface area contributed by atoms with E-state index in [2.05, 4.69) is 4.90 Å². The highest BCUT2D eigenvalue weighted by Crippen LogP contribution is 2.47. The summed E-state index contributed by atoms with van der Waals surface area (Å²) in [7, 11) is -3.07. The topological polar surface area (TPSA) is 95.2 Å². The highest BCUT2D eigenvalue weighted by Gasteiger charge is 2.50. The summed E-state index contributed by atoms with van der Waals surface area (Å²) in [5, 5.41) is 11.6. The van der Waals surface area contributed by atoms with Crippen molar-refractivity contribution < 1.29 is 18.3 Å². The number of likely N-dealkylation sites (tertiary alicyclic amines) is 1. The van der Waals surface area contributed by atoms with E-state index >= 15 is 0 Å². The van der Waals surface area contributed by atoms with Crippen LogP contribution in [0.1, 0.15) is 61.0 Å². The minimum atomic E-state index is -3.07.